The van der Waals surface area contributed by atoms with Gasteiger partial charge in [-0.1, -0.05) is 182 Å². The van der Waals surface area contributed by atoms with Gasteiger partial charge in [0.05, 0.1) is 17.1 Å². The topological polar surface area (TPSA) is 43.1 Å². The minimum absolute atomic E-state index is 0.682. The summed E-state index contributed by atoms with van der Waals surface area (Å²) in [6, 6.07) is 72.0. The lowest BCUT2D eigenvalue weighted by atomic mass is 9.96. The van der Waals surface area contributed by atoms with E-state index in [0.29, 0.717) is 5.82 Å². The number of pyridine rings is 1. The van der Waals surface area contributed by atoms with E-state index in [4.69, 9.17) is 15.0 Å². The summed E-state index contributed by atoms with van der Waals surface area (Å²) in [7, 11) is 0. The van der Waals surface area contributed by atoms with Gasteiger partial charge in [0.1, 0.15) is 11.5 Å². The van der Waals surface area contributed by atoms with Crippen LogP contribution in [0.15, 0.2) is 206 Å². The Kier molecular flexibility index (Phi) is 8.12. The quantitative estimate of drug-likeness (QED) is 0.166. The Labute approximate surface area is 319 Å². The largest absolute Gasteiger partial charge is 0.277 e. The molecule has 0 saturated carbocycles. The van der Waals surface area contributed by atoms with Crippen LogP contribution in [0.5, 0.6) is 0 Å². The summed E-state index contributed by atoms with van der Waals surface area (Å²) in [5, 5.41) is 2.23. The predicted octanol–water partition coefficient (Wildman–Crippen LogP) is 12.9. The van der Waals surface area contributed by atoms with Crippen molar-refractivity contribution in [3.8, 4) is 78.8 Å². The highest BCUT2D eigenvalue weighted by atomic mass is 15.1. The van der Waals surface area contributed by atoms with Gasteiger partial charge in [0, 0.05) is 33.0 Å². The molecule has 4 heteroatoms. The Hall–Kier alpha value is -7.43. The second-order valence-electron chi connectivity index (χ2n) is 13.7. The van der Waals surface area contributed by atoms with E-state index in [2.05, 4.69) is 192 Å². The highest BCUT2D eigenvalue weighted by Gasteiger charge is 2.21. The first-order valence-corrected chi connectivity index (χ1v) is 18.5. The fourth-order valence-electron chi connectivity index (χ4n) is 7.54. The lowest BCUT2D eigenvalue weighted by Crippen LogP contribution is -2.03. The summed E-state index contributed by atoms with van der Waals surface area (Å²) < 4.78 is 2.23. The van der Waals surface area contributed by atoms with Crippen molar-refractivity contribution in [1.82, 2.24) is 19.4 Å². The van der Waals surface area contributed by atoms with Crippen LogP contribution in [0.1, 0.15) is 0 Å². The second kappa shape index (κ2) is 13.8. The molecule has 0 bridgehead atoms. The van der Waals surface area contributed by atoms with Gasteiger partial charge in [0.2, 0.25) is 0 Å². The van der Waals surface area contributed by atoms with E-state index in [-0.39, 0.29) is 0 Å². The predicted molar refractivity (Wildman–Crippen MR) is 226 cm³/mol. The summed E-state index contributed by atoms with van der Waals surface area (Å²) in [4.78, 5) is 15.8. The summed E-state index contributed by atoms with van der Waals surface area (Å²) in [5.41, 5.74) is 13.6. The molecule has 0 aliphatic heterocycles. The highest BCUT2D eigenvalue weighted by Crippen LogP contribution is 2.38. The molecule has 0 atom stereocenters. The molecule has 0 aliphatic carbocycles. The minimum atomic E-state index is 0.682. The molecule has 3 heterocycles. The molecule has 0 N–H and O–H groups in total. The Morgan fingerprint density at radius 2 is 0.727 bits per heavy atom. The third-order valence-electron chi connectivity index (χ3n) is 10.2. The first-order valence-electron chi connectivity index (χ1n) is 18.5. The fraction of sp³-hybridized carbons (Fsp3) is 0. The Morgan fingerprint density at radius 1 is 0.291 bits per heavy atom. The van der Waals surface area contributed by atoms with Crippen molar-refractivity contribution in [2.24, 2.45) is 0 Å². The number of benzene rings is 7. The van der Waals surface area contributed by atoms with E-state index in [0.717, 1.165) is 89.4 Å². The molecule has 0 radical (unpaired) electrons. The van der Waals surface area contributed by atoms with Crippen molar-refractivity contribution >= 4 is 16.4 Å². The van der Waals surface area contributed by atoms with E-state index >= 15 is 0 Å². The van der Waals surface area contributed by atoms with Gasteiger partial charge in [0.15, 0.2) is 5.82 Å². The molecule has 10 rings (SSSR count). The van der Waals surface area contributed by atoms with Crippen LogP contribution in [-0.4, -0.2) is 19.4 Å². The molecule has 258 valence electrons. The van der Waals surface area contributed by atoms with Gasteiger partial charge in [-0.15, -0.1) is 0 Å². The average molecular weight is 703 g/mol. The maximum Gasteiger partial charge on any atom is 0.163 e. The molecule has 0 aliphatic rings. The lowest BCUT2D eigenvalue weighted by Gasteiger charge is -2.13. The molecule has 0 unspecified atom stereocenters. The van der Waals surface area contributed by atoms with Gasteiger partial charge in [-0.2, -0.15) is 0 Å². The third-order valence-corrected chi connectivity index (χ3v) is 10.2. The van der Waals surface area contributed by atoms with Crippen LogP contribution in [0, 0.1) is 0 Å². The monoisotopic (exact) mass is 702 g/mol. The molecule has 55 heavy (non-hydrogen) atoms. The number of hydrogen-bond donors (Lipinski definition) is 0. The zero-order chi connectivity index (χ0) is 36.6. The maximum absolute atomic E-state index is 5.34. The number of rotatable bonds is 7. The Bertz CT molecular complexity index is 2900. The van der Waals surface area contributed by atoms with Crippen molar-refractivity contribution < 1.29 is 0 Å². The standard InChI is InChI=1S/C51H34N4/c1-5-17-35(18-6-1)46-33-43(34-47(52-46)36-19-7-2-8-20-36)41-27-15-25-39(31-41)40-26-16-28-42(32-40)49-53-50(38-23-11-4-12-24-38)55-48(37-21-9-3-10-22-37)44-29-13-14-30-45(44)51(55)54-49/h1-34H. The molecule has 0 saturated heterocycles. The van der Waals surface area contributed by atoms with Gasteiger partial charge in [0.25, 0.3) is 0 Å². The van der Waals surface area contributed by atoms with Crippen molar-refractivity contribution in [1.29, 1.82) is 0 Å². The summed E-state index contributed by atoms with van der Waals surface area (Å²) in [6.07, 6.45) is 0. The number of aromatic nitrogens is 4. The van der Waals surface area contributed by atoms with E-state index in [1.165, 1.54) is 0 Å². The first-order chi connectivity index (χ1) is 27.3. The molecule has 0 spiro atoms. The number of fused-ring (bicyclic) bond motifs is 3. The maximum atomic E-state index is 5.34. The molecular weight excluding hydrogens is 669 g/mol. The molecule has 7 aromatic carbocycles. The SMILES string of the molecule is c1ccc(-c2cc(-c3cccc(-c4cccc(-c5nc(-c6ccccc6)n6c(-c7ccccc7)c7ccccc7c6n5)c4)c3)cc(-c3ccccc3)n2)cc1. The summed E-state index contributed by atoms with van der Waals surface area (Å²) >= 11 is 0. The minimum Gasteiger partial charge on any atom is -0.277 e. The molecule has 4 nitrogen and oxygen atoms in total. The molecule has 0 fully saturated rings. The molecule has 10 aromatic rings. The second-order valence-corrected chi connectivity index (χ2v) is 13.7. The van der Waals surface area contributed by atoms with E-state index in [9.17, 15) is 0 Å². The van der Waals surface area contributed by atoms with Crippen LogP contribution in [0.3, 0.4) is 0 Å². The molecular formula is C51H34N4. The Balaban J connectivity index is 1.11. The van der Waals surface area contributed by atoms with Crippen molar-refractivity contribution in [3.05, 3.63) is 206 Å². The van der Waals surface area contributed by atoms with Gasteiger partial charge in [-0.3, -0.25) is 4.40 Å². The summed E-state index contributed by atoms with van der Waals surface area (Å²) in [5.74, 6) is 1.53. The van der Waals surface area contributed by atoms with Crippen LogP contribution < -0.4 is 0 Å². The van der Waals surface area contributed by atoms with Crippen LogP contribution in [0.2, 0.25) is 0 Å². The summed E-state index contributed by atoms with van der Waals surface area (Å²) in [6.45, 7) is 0. The zero-order valence-electron chi connectivity index (χ0n) is 29.9. The molecule has 3 aromatic heterocycles. The first kappa shape index (κ1) is 32.2. The lowest BCUT2D eigenvalue weighted by molar-refractivity contribution is 1.05. The van der Waals surface area contributed by atoms with Crippen molar-refractivity contribution in [2.75, 3.05) is 0 Å². The van der Waals surface area contributed by atoms with Gasteiger partial charge in [-0.05, 0) is 52.1 Å². The van der Waals surface area contributed by atoms with Gasteiger partial charge < -0.3 is 0 Å². The smallest absolute Gasteiger partial charge is 0.163 e. The Morgan fingerprint density at radius 3 is 1.31 bits per heavy atom. The van der Waals surface area contributed by atoms with Crippen LogP contribution >= 0.6 is 0 Å². The van der Waals surface area contributed by atoms with Crippen molar-refractivity contribution in [2.45, 2.75) is 0 Å². The van der Waals surface area contributed by atoms with Crippen LogP contribution in [0.4, 0.5) is 0 Å². The van der Waals surface area contributed by atoms with Crippen LogP contribution in [0.25, 0.3) is 95.2 Å². The van der Waals surface area contributed by atoms with E-state index in [1.54, 1.807) is 0 Å². The average Bonchev–Trinajstić information content (AvgIpc) is 3.61. The van der Waals surface area contributed by atoms with E-state index < -0.39 is 0 Å². The van der Waals surface area contributed by atoms with Crippen LogP contribution in [-0.2, 0) is 0 Å². The van der Waals surface area contributed by atoms with Gasteiger partial charge in [-0.25, -0.2) is 15.0 Å². The number of hydrogen-bond acceptors (Lipinski definition) is 3. The normalized spacial score (nSPS) is 11.3. The zero-order valence-corrected chi connectivity index (χ0v) is 29.9. The molecule has 0 amide bonds. The number of nitrogens with zero attached hydrogens (tertiary/aromatic N) is 4. The van der Waals surface area contributed by atoms with E-state index in [1.807, 2.05) is 18.2 Å². The van der Waals surface area contributed by atoms with Crippen molar-refractivity contribution in [3.63, 3.8) is 0 Å². The highest BCUT2D eigenvalue weighted by molar-refractivity contribution is 6.06. The van der Waals surface area contributed by atoms with Gasteiger partial charge >= 0.3 is 0 Å². The third kappa shape index (κ3) is 6.06. The fourth-order valence-corrected chi connectivity index (χ4v) is 7.54.